The lowest BCUT2D eigenvalue weighted by Crippen LogP contribution is -2.35. The van der Waals surface area contributed by atoms with Crippen molar-refractivity contribution in [1.29, 1.82) is 0 Å². The van der Waals surface area contributed by atoms with Gasteiger partial charge in [0.25, 0.3) is 5.89 Å². The van der Waals surface area contributed by atoms with E-state index in [1.54, 1.807) is 0 Å². The minimum absolute atomic E-state index is 0.173. The van der Waals surface area contributed by atoms with Crippen LogP contribution in [0, 0.1) is 0 Å². The molecule has 2 aromatic carbocycles. The van der Waals surface area contributed by atoms with Crippen LogP contribution in [0.5, 0.6) is 5.75 Å². The maximum atomic E-state index is 5.98. The van der Waals surface area contributed by atoms with Crippen LogP contribution in [0.3, 0.4) is 0 Å². The van der Waals surface area contributed by atoms with Crippen LogP contribution >= 0.6 is 0 Å². The molecule has 2 atom stereocenters. The van der Waals surface area contributed by atoms with E-state index in [0.29, 0.717) is 18.4 Å². The summed E-state index contributed by atoms with van der Waals surface area (Å²) >= 11 is 0. The van der Waals surface area contributed by atoms with Gasteiger partial charge in [-0.1, -0.05) is 30.3 Å². The van der Waals surface area contributed by atoms with Crippen LogP contribution in [-0.2, 0) is 4.74 Å². The number of benzene rings is 2. The van der Waals surface area contributed by atoms with Gasteiger partial charge < -0.3 is 18.8 Å². The second-order valence-corrected chi connectivity index (χ2v) is 6.37. The van der Waals surface area contributed by atoms with Crippen LogP contribution in [0.15, 0.2) is 46.9 Å². The van der Waals surface area contributed by atoms with Gasteiger partial charge in [0.1, 0.15) is 11.9 Å². The SMILES string of the molecule is C[C@H](Oc1ccc2ccccc2c1)c1nnc([C@@H]2CN(C)CCO2)o1. The van der Waals surface area contributed by atoms with E-state index in [2.05, 4.69) is 34.3 Å². The molecular weight excluding hydrogens is 318 g/mol. The fourth-order valence-electron chi connectivity index (χ4n) is 2.96. The maximum Gasteiger partial charge on any atom is 0.256 e. The van der Waals surface area contributed by atoms with E-state index in [4.69, 9.17) is 13.9 Å². The highest BCUT2D eigenvalue weighted by Crippen LogP contribution is 2.27. The van der Waals surface area contributed by atoms with E-state index in [-0.39, 0.29) is 12.2 Å². The smallest absolute Gasteiger partial charge is 0.256 e. The summed E-state index contributed by atoms with van der Waals surface area (Å²) in [5.41, 5.74) is 0. The normalized spacial score (nSPS) is 19.8. The average Bonchev–Trinajstić information content (AvgIpc) is 3.12. The number of hydrogen-bond acceptors (Lipinski definition) is 6. The summed E-state index contributed by atoms with van der Waals surface area (Å²) in [4.78, 5) is 2.19. The Morgan fingerprint density at radius 3 is 2.84 bits per heavy atom. The zero-order valence-corrected chi connectivity index (χ0v) is 14.4. The van der Waals surface area contributed by atoms with Crippen LogP contribution in [0.2, 0.25) is 0 Å². The van der Waals surface area contributed by atoms with Crippen molar-refractivity contribution in [2.24, 2.45) is 0 Å². The molecule has 2 heterocycles. The first-order valence-electron chi connectivity index (χ1n) is 8.48. The Bertz CT molecular complexity index is 864. The van der Waals surface area contributed by atoms with Crippen LogP contribution in [0.25, 0.3) is 10.8 Å². The highest BCUT2D eigenvalue weighted by Gasteiger charge is 2.26. The molecule has 0 saturated carbocycles. The van der Waals surface area contributed by atoms with Crippen molar-refractivity contribution in [1.82, 2.24) is 15.1 Å². The number of rotatable bonds is 4. The van der Waals surface area contributed by atoms with E-state index in [1.165, 1.54) is 5.39 Å². The summed E-state index contributed by atoms with van der Waals surface area (Å²) in [5.74, 6) is 1.75. The van der Waals surface area contributed by atoms with E-state index in [1.807, 2.05) is 37.3 Å². The van der Waals surface area contributed by atoms with Crippen molar-refractivity contribution in [2.75, 3.05) is 26.7 Å². The van der Waals surface area contributed by atoms with Gasteiger partial charge in [-0.2, -0.15) is 0 Å². The predicted octanol–water partition coefficient (Wildman–Crippen LogP) is 3.37. The summed E-state index contributed by atoms with van der Waals surface area (Å²) in [7, 11) is 2.05. The summed E-state index contributed by atoms with van der Waals surface area (Å²) in [6, 6.07) is 14.2. The maximum absolute atomic E-state index is 5.98. The lowest BCUT2D eigenvalue weighted by atomic mass is 10.1. The number of hydrogen-bond donors (Lipinski definition) is 0. The molecule has 0 bridgehead atoms. The van der Waals surface area contributed by atoms with Gasteiger partial charge in [0.2, 0.25) is 5.89 Å². The standard InChI is InChI=1S/C19H21N3O3/c1-13(24-16-8-7-14-5-3-4-6-15(14)11-16)18-20-21-19(25-18)17-12-22(2)9-10-23-17/h3-8,11,13,17H,9-10,12H2,1-2H3/t13-,17-/m0/s1. The first-order chi connectivity index (χ1) is 12.2. The van der Waals surface area contributed by atoms with Gasteiger partial charge in [-0.15, -0.1) is 10.2 Å². The number of aromatic nitrogens is 2. The molecule has 1 aliphatic rings. The van der Waals surface area contributed by atoms with Crippen molar-refractivity contribution in [3.63, 3.8) is 0 Å². The van der Waals surface area contributed by atoms with Crippen molar-refractivity contribution in [3.8, 4) is 5.75 Å². The Balaban J connectivity index is 1.48. The molecule has 6 heteroatoms. The second-order valence-electron chi connectivity index (χ2n) is 6.37. The van der Waals surface area contributed by atoms with Crippen LogP contribution in [-0.4, -0.2) is 41.8 Å². The molecule has 1 aliphatic heterocycles. The van der Waals surface area contributed by atoms with E-state index in [0.717, 1.165) is 24.2 Å². The topological polar surface area (TPSA) is 60.6 Å². The largest absolute Gasteiger partial charge is 0.481 e. The quantitative estimate of drug-likeness (QED) is 0.726. The highest BCUT2D eigenvalue weighted by atomic mass is 16.5. The van der Waals surface area contributed by atoms with Crippen LogP contribution in [0.1, 0.15) is 30.9 Å². The lowest BCUT2D eigenvalue weighted by Gasteiger charge is -2.27. The molecule has 0 aliphatic carbocycles. The van der Waals surface area contributed by atoms with Gasteiger partial charge in [0, 0.05) is 13.1 Å². The first kappa shape index (κ1) is 16.1. The van der Waals surface area contributed by atoms with E-state index >= 15 is 0 Å². The fourth-order valence-corrected chi connectivity index (χ4v) is 2.96. The molecule has 130 valence electrons. The molecule has 0 unspecified atom stereocenters. The lowest BCUT2D eigenvalue weighted by molar-refractivity contribution is -0.0354. The van der Waals surface area contributed by atoms with Gasteiger partial charge in [0.15, 0.2) is 6.10 Å². The number of fused-ring (bicyclic) bond motifs is 1. The van der Waals surface area contributed by atoms with Gasteiger partial charge in [-0.05, 0) is 36.9 Å². The summed E-state index contributed by atoms with van der Waals surface area (Å²) in [5, 5.41) is 10.6. The summed E-state index contributed by atoms with van der Waals surface area (Å²) in [6.07, 6.45) is -0.503. The molecule has 0 N–H and O–H groups in total. The third-order valence-electron chi connectivity index (χ3n) is 4.38. The Morgan fingerprint density at radius 1 is 1.16 bits per heavy atom. The van der Waals surface area contributed by atoms with Crippen molar-refractivity contribution in [2.45, 2.75) is 19.1 Å². The Morgan fingerprint density at radius 2 is 2.00 bits per heavy atom. The first-order valence-corrected chi connectivity index (χ1v) is 8.48. The second kappa shape index (κ2) is 6.82. The number of ether oxygens (including phenoxy) is 2. The van der Waals surface area contributed by atoms with Gasteiger partial charge in [0.05, 0.1) is 6.61 Å². The molecule has 4 rings (SSSR count). The molecule has 3 aromatic rings. The van der Waals surface area contributed by atoms with Crippen molar-refractivity contribution >= 4 is 10.8 Å². The molecule has 1 saturated heterocycles. The number of likely N-dealkylation sites (N-methyl/N-ethyl adjacent to an activating group) is 1. The third-order valence-corrected chi connectivity index (χ3v) is 4.38. The molecule has 0 radical (unpaired) electrons. The summed E-state index contributed by atoms with van der Waals surface area (Å²) in [6.45, 7) is 4.24. The zero-order chi connectivity index (χ0) is 17.2. The molecule has 1 aromatic heterocycles. The van der Waals surface area contributed by atoms with Gasteiger partial charge in [-0.25, -0.2) is 0 Å². The minimum Gasteiger partial charge on any atom is -0.481 e. The van der Waals surface area contributed by atoms with E-state index < -0.39 is 0 Å². The van der Waals surface area contributed by atoms with Gasteiger partial charge in [-0.3, -0.25) is 0 Å². The molecule has 6 nitrogen and oxygen atoms in total. The van der Waals surface area contributed by atoms with E-state index in [9.17, 15) is 0 Å². The van der Waals surface area contributed by atoms with Crippen molar-refractivity contribution < 1.29 is 13.9 Å². The fraction of sp³-hybridized carbons (Fsp3) is 0.368. The number of nitrogens with zero attached hydrogens (tertiary/aromatic N) is 3. The molecule has 0 amide bonds. The number of morpholine rings is 1. The molecular formula is C19H21N3O3. The van der Waals surface area contributed by atoms with Crippen LogP contribution in [0.4, 0.5) is 0 Å². The monoisotopic (exact) mass is 339 g/mol. The highest BCUT2D eigenvalue weighted by molar-refractivity contribution is 5.83. The van der Waals surface area contributed by atoms with Crippen LogP contribution < -0.4 is 4.74 Å². The Labute approximate surface area is 146 Å². The zero-order valence-electron chi connectivity index (χ0n) is 14.4. The Hall–Kier alpha value is -2.44. The summed E-state index contributed by atoms with van der Waals surface area (Å²) < 4.78 is 17.5. The minimum atomic E-state index is -0.330. The average molecular weight is 339 g/mol. The van der Waals surface area contributed by atoms with Crippen molar-refractivity contribution in [3.05, 3.63) is 54.2 Å². The third kappa shape index (κ3) is 3.50. The molecule has 1 fully saturated rings. The van der Waals surface area contributed by atoms with Gasteiger partial charge >= 0.3 is 0 Å². The Kier molecular flexibility index (Phi) is 4.38. The predicted molar refractivity (Wildman–Crippen MR) is 93.5 cm³/mol. The molecule has 25 heavy (non-hydrogen) atoms. The molecule has 0 spiro atoms.